The number of hydrogen-bond acceptors (Lipinski definition) is 5. The third-order valence-electron chi connectivity index (χ3n) is 3.90. The van der Waals surface area contributed by atoms with Crippen LogP contribution in [0.15, 0.2) is 54.6 Å². The predicted molar refractivity (Wildman–Crippen MR) is 99.7 cm³/mol. The molecule has 2 aromatic carbocycles. The molecule has 0 unspecified atom stereocenters. The predicted octanol–water partition coefficient (Wildman–Crippen LogP) is 5.20. The van der Waals surface area contributed by atoms with Gasteiger partial charge in [0.15, 0.2) is 10.9 Å². The van der Waals surface area contributed by atoms with Crippen LogP contribution in [0, 0.1) is 5.82 Å². The average Bonchev–Trinajstić information content (AvgIpc) is 3.04. The Hall–Kier alpha value is -2.86. The van der Waals surface area contributed by atoms with Crippen LogP contribution in [-0.2, 0) is 6.42 Å². The monoisotopic (exact) mass is 350 g/mol. The number of halogens is 1. The van der Waals surface area contributed by atoms with E-state index in [9.17, 15) is 4.39 Å². The number of aromatic nitrogens is 3. The van der Waals surface area contributed by atoms with Crippen molar-refractivity contribution >= 4 is 32.5 Å². The summed E-state index contributed by atoms with van der Waals surface area (Å²) >= 11 is 1.59. The number of fused-ring (bicyclic) bond motifs is 1. The van der Waals surface area contributed by atoms with Gasteiger partial charge in [0.05, 0.1) is 15.9 Å². The largest absolute Gasteiger partial charge is 0.315 e. The van der Waals surface area contributed by atoms with Crippen molar-refractivity contribution in [3.05, 3.63) is 66.0 Å². The summed E-state index contributed by atoms with van der Waals surface area (Å²) in [7, 11) is 0. The van der Waals surface area contributed by atoms with Crippen molar-refractivity contribution in [3.63, 3.8) is 0 Å². The highest BCUT2D eigenvalue weighted by atomic mass is 32.1. The summed E-state index contributed by atoms with van der Waals surface area (Å²) in [6.45, 7) is 2.14. The highest BCUT2D eigenvalue weighted by Crippen LogP contribution is 2.29. The molecule has 4 nitrogen and oxygen atoms in total. The standard InChI is InChI=1S/C19H15FN4S/c1-2-12-3-8-16-17(11-12)25-19(21-16)22-18-10-9-15(23-24-18)13-4-6-14(20)7-5-13/h3-11H,2H2,1H3,(H,21,22,24). The fourth-order valence-electron chi connectivity index (χ4n) is 2.53. The van der Waals surface area contributed by atoms with Gasteiger partial charge in [0.2, 0.25) is 0 Å². The van der Waals surface area contributed by atoms with Crippen LogP contribution in [0.3, 0.4) is 0 Å². The van der Waals surface area contributed by atoms with Crippen LogP contribution in [0.5, 0.6) is 0 Å². The number of benzene rings is 2. The average molecular weight is 350 g/mol. The zero-order valence-corrected chi connectivity index (χ0v) is 14.3. The number of nitrogens with zero attached hydrogens (tertiary/aromatic N) is 3. The summed E-state index contributed by atoms with van der Waals surface area (Å²) in [5.41, 5.74) is 3.79. The van der Waals surface area contributed by atoms with Crippen molar-refractivity contribution in [2.45, 2.75) is 13.3 Å². The third kappa shape index (κ3) is 3.34. The molecule has 1 N–H and O–H groups in total. The molecule has 0 bridgehead atoms. The Morgan fingerprint density at radius 1 is 1.00 bits per heavy atom. The van der Waals surface area contributed by atoms with E-state index in [2.05, 4.69) is 39.6 Å². The number of nitrogens with one attached hydrogen (secondary N) is 1. The van der Waals surface area contributed by atoms with Crippen molar-refractivity contribution < 1.29 is 4.39 Å². The summed E-state index contributed by atoms with van der Waals surface area (Å²) in [6, 6.07) is 16.2. The number of aryl methyl sites for hydroxylation is 1. The second-order valence-electron chi connectivity index (χ2n) is 5.61. The molecule has 0 amide bonds. The van der Waals surface area contributed by atoms with Crippen LogP contribution >= 0.6 is 11.3 Å². The number of hydrogen-bond donors (Lipinski definition) is 1. The van der Waals surface area contributed by atoms with Gasteiger partial charge in [-0.3, -0.25) is 0 Å². The zero-order chi connectivity index (χ0) is 17.2. The van der Waals surface area contributed by atoms with Gasteiger partial charge in [-0.25, -0.2) is 9.37 Å². The normalized spacial score (nSPS) is 11.0. The molecule has 0 radical (unpaired) electrons. The minimum atomic E-state index is -0.267. The van der Waals surface area contributed by atoms with Crippen LogP contribution in [0.4, 0.5) is 15.3 Å². The highest BCUT2D eigenvalue weighted by Gasteiger charge is 2.07. The molecule has 0 saturated heterocycles. The molecule has 4 aromatic rings. The Morgan fingerprint density at radius 2 is 1.84 bits per heavy atom. The first-order valence-electron chi connectivity index (χ1n) is 7.97. The van der Waals surface area contributed by atoms with E-state index in [-0.39, 0.29) is 5.82 Å². The van der Waals surface area contributed by atoms with Gasteiger partial charge in [-0.15, -0.1) is 10.2 Å². The molecular weight excluding hydrogens is 335 g/mol. The summed E-state index contributed by atoms with van der Waals surface area (Å²) in [4.78, 5) is 4.57. The van der Waals surface area contributed by atoms with Crippen LogP contribution in [0.1, 0.15) is 12.5 Å². The summed E-state index contributed by atoms with van der Waals surface area (Å²) in [5.74, 6) is 0.359. The molecule has 0 fully saturated rings. The van der Waals surface area contributed by atoms with Crippen LogP contribution in [0.25, 0.3) is 21.5 Å². The maximum atomic E-state index is 13.0. The van der Waals surface area contributed by atoms with E-state index in [1.807, 2.05) is 18.2 Å². The van der Waals surface area contributed by atoms with E-state index in [1.54, 1.807) is 23.5 Å². The van der Waals surface area contributed by atoms with Crippen molar-refractivity contribution in [1.82, 2.24) is 15.2 Å². The summed E-state index contributed by atoms with van der Waals surface area (Å²) in [6.07, 6.45) is 1.01. The lowest BCUT2D eigenvalue weighted by molar-refractivity contribution is 0.628. The Bertz CT molecular complexity index is 1010. The van der Waals surface area contributed by atoms with Gasteiger partial charge in [0.25, 0.3) is 0 Å². The first kappa shape index (κ1) is 15.7. The molecule has 0 aliphatic rings. The second kappa shape index (κ2) is 6.57. The summed E-state index contributed by atoms with van der Waals surface area (Å²) < 4.78 is 14.1. The SMILES string of the molecule is CCc1ccc2nc(Nc3ccc(-c4ccc(F)cc4)nn3)sc2c1. The van der Waals surface area contributed by atoms with Gasteiger partial charge >= 0.3 is 0 Å². The Balaban J connectivity index is 1.55. The first-order valence-corrected chi connectivity index (χ1v) is 8.79. The van der Waals surface area contributed by atoms with Gasteiger partial charge < -0.3 is 5.32 Å². The van der Waals surface area contributed by atoms with Crippen LogP contribution in [-0.4, -0.2) is 15.2 Å². The molecule has 0 spiro atoms. The minimum Gasteiger partial charge on any atom is -0.315 e. The first-order chi connectivity index (χ1) is 12.2. The third-order valence-corrected chi connectivity index (χ3v) is 4.83. The lowest BCUT2D eigenvalue weighted by atomic mass is 10.1. The van der Waals surface area contributed by atoms with E-state index < -0.39 is 0 Å². The van der Waals surface area contributed by atoms with Gasteiger partial charge in [0.1, 0.15) is 5.82 Å². The zero-order valence-electron chi connectivity index (χ0n) is 13.5. The minimum absolute atomic E-state index is 0.267. The molecule has 0 saturated carbocycles. The van der Waals surface area contributed by atoms with E-state index in [0.717, 1.165) is 27.3 Å². The summed E-state index contributed by atoms with van der Waals surface area (Å²) in [5, 5.41) is 12.4. The maximum absolute atomic E-state index is 13.0. The number of thiazole rings is 1. The lowest BCUT2D eigenvalue weighted by Crippen LogP contribution is -1.96. The Kier molecular flexibility index (Phi) is 4.11. The fraction of sp³-hybridized carbons (Fsp3) is 0.105. The van der Waals surface area contributed by atoms with E-state index in [4.69, 9.17) is 0 Å². The van der Waals surface area contributed by atoms with Crippen molar-refractivity contribution in [2.24, 2.45) is 0 Å². The molecule has 0 aliphatic carbocycles. The topological polar surface area (TPSA) is 50.7 Å². The van der Waals surface area contributed by atoms with Crippen molar-refractivity contribution in [3.8, 4) is 11.3 Å². The molecule has 6 heteroatoms. The molecule has 2 aromatic heterocycles. The molecule has 25 heavy (non-hydrogen) atoms. The second-order valence-corrected chi connectivity index (χ2v) is 6.64. The van der Waals surface area contributed by atoms with Crippen molar-refractivity contribution in [2.75, 3.05) is 5.32 Å². The number of anilines is 2. The quantitative estimate of drug-likeness (QED) is 0.550. The highest BCUT2D eigenvalue weighted by molar-refractivity contribution is 7.22. The van der Waals surface area contributed by atoms with E-state index >= 15 is 0 Å². The maximum Gasteiger partial charge on any atom is 0.189 e. The van der Waals surface area contributed by atoms with E-state index in [1.165, 1.54) is 17.7 Å². The molecule has 0 aliphatic heterocycles. The molecule has 4 rings (SSSR count). The van der Waals surface area contributed by atoms with Gasteiger partial charge in [-0.05, 0) is 60.5 Å². The van der Waals surface area contributed by atoms with Crippen LogP contribution < -0.4 is 5.32 Å². The van der Waals surface area contributed by atoms with Crippen molar-refractivity contribution in [1.29, 1.82) is 0 Å². The number of rotatable bonds is 4. The van der Waals surface area contributed by atoms with Gasteiger partial charge in [-0.2, -0.15) is 0 Å². The molecule has 2 heterocycles. The van der Waals surface area contributed by atoms with E-state index in [0.29, 0.717) is 11.5 Å². The lowest BCUT2D eigenvalue weighted by Gasteiger charge is -2.03. The Labute approximate surface area is 148 Å². The molecule has 0 atom stereocenters. The Morgan fingerprint density at radius 3 is 2.56 bits per heavy atom. The smallest absolute Gasteiger partial charge is 0.189 e. The van der Waals surface area contributed by atoms with Gasteiger partial charge in [-0.1, -0.05) is 24.3 Å². The molecular formula is C19H15FN4S. The fourth-order valence-corrected chi connectivity index (χ4v) is 3.46. The van der Waals surface area contributed by atoms with Gasteiger partial charge in [0, 0.05) is 5.56 Å². The van der Waals surface area contributed by atoms with Crippen LogP contribution in [0.2, 0.25) is 0 Å². The molecule has 124 valence electrons.